The van der Waals surface area contributed by atoms with Crippen LogP contribution in [0.15, 0.2) is 59.5 Å². The average molecular weight is 360 g/mol. The quantitative estimate of drug-likeness (QED) is 0.341. The molecule has 0 fully saturated rings. The first-order chi connectivity index (χ1) is 11.7. The number of nitro benzene ring substituents is 1. The van der Waals surface area contributed by atoms with E-state index in [0.717, 1.165) is 4.31 Å². The Morgan fingerprint density at radius 1 is 1.12 bits per heavy atom. The third kappa shape index (κ3) is 4.37. The molecule has 0 unspecified atom stereocenters. The summed E-state index contributed by atoms with van der Waals surface area (Å²) in [6.45, 7) is 0. The molecule has 130 valence electrons. The van der Waals surface area contributed by atoms with Gasteiger partial charge in [-0.25, -0.2) is 12.7 Å². The van der Waals surface area contributed by atoms with Crippen LogP contribution in [-0.2, 0) is 10.0 Å². The Balaban J connectivity index is 2.22. The van der Waals surface area contributed by atoms with Gasteiger partial charge in [0.05, 0.1) is 9.82 Å². The first kappa shape index (κ1) is 18.5. The van der Waals surface area contributed by atoms with Gasteiger partial charge >= 0.3 is 0 Å². The van der Waals surface area contributed by atoms with Crippen LogP contribution in [0.25, 0.3) is 6.08 Å². The van der Waals surface area contributed by atoms with Gasteiger partial charge in [-0.1, -0.05) is 18.2 Å². The minimum Gasteiger partial charge on any atom is -0.289 e. The van der Waals surface area contributed by atoms with E-state index >= 15 is 0 Å². The number of nitrogens with zero attached hydrogens (tertiary/aromatic N) is 2. The van der Waals surface area contributed by atoms with Crippen molar-refractivity contribution in [2.75, 3.05) is 14.1 Å². The van der Waals surface area contributed by atoms with Crippen LogP contribution in [0.2, 0.25) is 0 Å². The van der Waals surface area contributed by atoms with Crippen LogP contribution < -0.4 is 0 Å². The molecule has 0 N–H and O–H groups in total. The first-order valence-electron chi connectivity index (χ1n) is 7.21. The monoisotopic (exact) mass is 360 g/mol. The van der Waals surface area contributed by atoms with Crippen molar-refractivity contribution >= 4 is 27.6 Å². The molecule has 2 rings (SSSR count). The van der Waals surface area contributed by atoms with E-state index in [1.807, 2.05) is 0 Å². The Morgan fingerprint density at radius 2 is 1.76 bits per heavy atom. The van der Waals surface area contributed by atoms with Crippen molar-refractivity contribution in [1.82, 2.24) is 4.31 Å². The molecule has 2 aromatic carbocycles. The number of hydrogen-bond donors (Lipinski definition) is 0. The zero-order valence-electron chi connectivity index (χ0n) is 13.6. The van der Waals surface area contributed by atoms with Gasteiger partial charge in [0, 0.05) is 31.8 Å². The van der Waals surface area contributed by atoms with E-state index in [9.17, 15) is 23.3 Å². The lowest BCUT2D eigenvalue weighted by atomic mass is 10.1. The predicted octanol–water partition coefficient (Wildman–Crippen LogP) is 2.74. The van der Waals surface area contributed by atoms with Crippen molar-refractivity contribution in [1.29, 1.82) is 0 Å². The third-order valence-electron chi connectivity index (χ3n) is 3.43. The fraction of sp³-hybridized carbons (Fsp3) is 0.118. The Hall–Kier alpha value is -2.84. The van der Waals surface area contributed by atoms with Crippen LogP contribution in [0.5, 0.6) is 0 Å². The molecular weight excluding hydrogens is 344 g/mol. The summed E-state index contributed by atoms with van der Waals surface area (Å²) in [5, 5.41) is 10.6. The number of benzene rings is 2. The molecule has 0 atom stereocenters. The molecule has 0 saturated carbocycles. The number of sulfonamides is 1. The number of rotatable bonds is 6. The summed E-state index contributed by atoms with van der Waals surface area (Å²) in [7, 11) is -0.790. The Labute approximate surface area is 145 Å². The molecule has 0 amide bonds. The van der Waals surface area contributed by atoms with Gasteiger partial charge < -0.3 is 0 Å². The maximum atomic E-state index is 12.2. The van der Waals surface area contributed by atoms with E-state index in [2.05, 4.69) is 0 Å². The number of ketones is 1. The number of nitro groups is 1. The summed E-state index contributed by atoms with van der Waals surface area (Å²) in [5.74, 6) is -0.367. The van der Waals surface area contributed by atoms with Gasteiger partial charge in [-0.05, 0) is 35.9 Å². The zero-order valence-corrected chi connectivity index (χ0v) is 14.4. The second kappa shape index (κ2) is 7.37. The largest absolute Gasteiger partial charge is 0.289 e. The van der Waals surface area contributed by atoms with Crippen LogP contribution >= 0.6 is 0 Å². The van der Waals surface area contributed by atoms with Crippen molar-refractivity contribution in [2.45, 2.75) is 4.90 Å². The van der Waals surface area contributed by atoms with Crippen molar-refractivity contribution in [3.63, 3.8) is 0 Å². The molecular formula is C17H16N2O5S. The second-order valence-corrected chi connectivity index (χ2v) is 7.51. The Morgan fingerprint density at radius 3 is 2.32 bits per heavy atom. The number of carbonyl (C=O) groups excluding carboxylic acids is 1. The van der Waals surface area contributed by atoms with Gasteiger partial charge in [0.2, 0.25) is 10.0 Å². The maximum Gasteiger partial charge on any atom is 0.269 e. The van der Waals surface area contributed by atoms with E-state index in [0.29, 0.717) is 5.56 Å². The van der Waals surface area contributed by atoms with Crippen LogP contribution in [-0.4, -0.2) is 37.5 Å². The molecule has 2 aromatic rings. The third-order valence-corrected chi connectivity index (χ3v) is 5.24. The highest BCUT2D eigenvalue weighted by atomic mass is 32.2. The zero-order chi connectivity index (χ0) is 18.6. The normalized spacial score (nSPS) is 11.8. The number of allylic oxidation sites excluding steroid dienone is 1. The average Bonchev–Trinajstić information content (AvgIpc) is 2.60. The van der Waals surface area contributed by atoms with Crippen LogP contribution in [0.1, 0.15) is 15.9 Å². The van der Waals surface area contributed by atoms with E-state index in [4.69, 9.17) is 0 Å². The lowest BCUT2D eigenvalue weighted by Gasteiger charge is -2.11. The van der Waals surface area contributed by atoms with Crippen LogP contribution in [0.3, 0.4) is 0 Å². The standard InChI is InChI=1S/C17H16N2O5S/c1-18(2)25(23,24)16-5-3-4-14(12-16)17(20)11-8-13-6-9-15(10-7-13)19(21)22/h3-12H,1-2H3/b11-8+. The van der Waals surface area contributed by atoms with Gasteiger partial charge in [0.15, 0.2) is 5.78 Å². The number of non-ortho nitro benzene ring substituents is 1. The number of hydrogen-bond acceptors (Lipinski definition) is 5. The summed E-state index contributed by atoms with van der Waals surface area (Å²) < 4.78 is 25.3. The molecule has 0 saturated heterocycles. The number of carbonyl (C=O) groups is 1. The highest BCUT2D eigenvalue weighted by Crippen LogP contribution is 2.17. The molecule has 8 heteroatoms. The van der Waals surface area contributed by atoms with Crippen LogP contribution in [0.4, 0.5) is 5.69 Å². The minimum atomic E-state index is -3.62. The summed E-state index contributed by atoms with van der Waals surface area (Å²) in [4.78, 5) is 22.4. The van der Waals surface area contributed by atoms with Crippen molar-refractivity contribution in [2.24, 2.45) is 0 Å². The van der Waals surface area contributed by atoms with E-state index in [1.54, 1.807) is 0 Å². The SMILES string of the molecule is CN(C)S(=O)(=O)c1cccc(C(=O)/C=C/c2ccc([N+](=O)[O-])cc2)c1. The second-order valence-electron chi connectivity index (χ2n) is 5.36. The molecule has 0 radical (unpaired) electrons. The van der Waals surface area contributed by atoms with Gasteiger partial charge in [0.25, 0.3) is 5.69 Å². The minimum absolute atomic E-state index is 0.0343. The lowest BCUT2D eigenvalue weighted by molar-refractivity contribution is -0.384. The molecule has 7 nitrogen and oxygen atoms in total. The first-order valence-corrected chi connectivity index (χ1v) is 8.65. The topological polar surface area (TPSA) is 97.6 Å². The fourth-order valence-electron chi connectivity index (χ4n) is 2.00. The maximum absolute atomic E-state index is 12.2. The molecule has 0 aliphatic heterocycles. The fourth-order valence-corrected chi connectivity index (χ4v) is 2.94. The lowest BCUT2D eigenvalue weighted by Crippen LogP contribution is -2.22. The molecule has 0 bridgehead atoms. The summed E-state index contributed by atoms with van der Waals surface area (Å²) in [6, 6.07) is 11.5. The Bertz CT molecular complexity index is 932. The van der Waals surface area contributed by atoms with Gasteiger partial charge in [0.1, 0.15) is 0 Å². The van der Waals surface area contributed by atoms with Crippen molar-refractivity contribution in [3.8, 4) is 0 Å². The van der Waals surface area contributed by atoms with Crippen molar-refractivity contribution in [3.05, 3.63) is 75.8 Å². The smallest absolute Gasteiger partial charge is 0.269 e. The molecule has 0 aromatic heterocycles. The molecule has 0 aliphatic carbocycles. The van der Waals surface area contributed by atoms with E-state index in [-0.39, 0.29) is 21.9 Å². The Kier molecular flexibility index (Phi) is 5.45. The van der Waals surface area contributed by atoms with Gasteiger partial charge in [-0.15, -0.1) is 0 Å². The van der Waals surface area contributed by atoms with Crippen LogP contribution in [0, 0.1) is 10.1 Å². The summed E-state index contributed by atoms with van der Waals surface area (Å²) in [5.41, 5.74) is 0.821. The highest BCUT2D eigenvalue weighted by molar-refractivity contribution is 7.89. The van der Waals surface area contributed by atoms with Gasteiger partial charge in [-0.2, -0.15) is 0 Å². The molecule has 0 aliphatic rings. The summed E-state index contributed by atoms with van der Waals surface area (Å²) >= 11 is 0. The predicted molar refractivity (Wildman–Crippen MR) is 93.8 cm³/mol. The highest BCUT2D eigenvalue weighted by Gasteiger charge is 2.18. The van der Waals surface area contributed by atoms with E-state index < -0.39 is 14.9 Å². The molecule has 0 spiro atoms. The van der Waals surface area contributed by atoms with Crippen molar-refractivity contribution < 1.29 is 18.1 Å². The summed E-state index contributed by atoms with van der Waals surface area (Å²) in [6.07, 6.45) is 2.81. The van der Waals surface area contributed by atoms with E-state index in [1.165, 1.54) is 74.8 Å². The molecule has 0 heterocycles. The molecule has 25 heavy (non-hydrogen) atoms. The van der Waals surface area contributed by atoms with Gasteiger partial charge in [-0.3, -0.25) is 14.9 Å².